The van der Waals surface area contributed by atoms with Gasteiger partial charge in [-0.2, -0.15) is 0 Å². The number of hydrogen-bond acceptors (Lipinski definition) is 0. The number of hydrogen-bond donors (Lipinski definition) is 0. The Balaban J connectivity index is 3.38. The lowest BCUT2D eigenvalue weighted by Crippen LogP contribution is -2.15. The standard InChI is InChI=1S/C12H17Cl/c1-8-6-10(13)7-9(2)11(8)12(3,4)5/h6-7H,1-5H3. The Bertz CT molecular complexity index is 295. The van der Waals surface area contributed by atoms with E-state index in [2.05, 4.69) is 34.6 Å². The summed E-state index contributed by atoms with van der Waals surface area (Å²) in [5, 5.41) is 0.836. The van der Waals surface area contributed by atoms with E-state index in [0.29, 0.717) is 0 Å². The van der Waals surface area contributed by atoms with Gasteiger partial charge < -0.3 is 0 Å². The summed E-state index contributed by atoms with van der Waals surface area (Å²) >= 11 is 5.97. The summed E-state index contributed by atoms with van der Waals surface area (Å²) in [6.07, 6.45) is 0. The highest BCUT2D eigenvalue weighted by atomic mass is 35.5. The molecule has 0 unspecified atom stereocenters. The second-order valence-corrected chi connectivity index (χ2v) is 5.10. The van der Waals surface area contributed by atoms with Crippen LogP contribution in [0.3, 0.4) is 0 Å². The molecule has 1 aromatic rings. The van der Waals surface area contributed by atoms with Crippen molar-refractivity contribution >= 4 is 11.6 Å². The molecule has 0 aliphatic heterocycles. The van der Waals surface area contributed by atoms with E-state index >= 15 is 0 Å². The van der Waals surface area contributed by atoms with Gasteiger partial charge in [-0.25, -0.2) is 0 Å². The predicted molar refractivity (Wildman–Crippen MR) is 59.6 cm³/mol. The summed E-state index contributed by atoms with van der Waals surface area (Å²) in [4.78, 5) is 0. The lowest BCUT2D eigenvalue weighted by Gasteiger charge is -2.24. The van der Waals surface area contributed by atoms with Crippen LogP contribution >= 0.6 is 11.6 Å². The molecule has 0 aliphatic carbocycles. The fourth-order valence-electron chi connectivity index (χ4n) is 2.09. The van der Waals surface area contributed by atoms with Crippen molar-refractivity contribution < 1.29 is 0 Å². The van der Waals surface area contributed by atoms with E-state index in [-0.39, 0.29) is 5.41 Å². The van der Waals surface area contributed by atoms with Crippen molar-refractivity contribution in [3.05, 3.63) is 33.8 Å². The van der Waals surface area contributed by atoms with E-state index in [1.807, 2.05) is 12.1 Å². The van der Waals surface area contributed by atoms with Crippen LogP contribution < -0.4 is 0 Å². The monoisotopic (exact) mass is 196 g/mol. The van der Waals surface area contributed by atoms with E-state index < -0.39 is 0 Å². The van der Waals surface area contributed by atoms with Gasteiger partial charge in [-0.15, -0.1) is 0 Å². The summed E-state index contributed by atoms with van der Waals surface area (Å²) in [6.45, 7) is 10.9. The molecular formula is C12H17Cl. The fourth-order valence-corrected chi connectivity index (χ4v) is 2.42. The average molecular weight is 197 g/mol. The minimum atomic E-state index is 0.207. The van der Waals surface area contributed by atoms with Crippen LogP contribution in [0.25, 0.3) is 0 Å². The normalized spacial score (nSPS) is 11.8. The van der Waals surface area contributed by atoms with Crippen LogP contribution in [0, 0.1) is 13.8 Å². The topological polar surface area (TPSA) is 0 Å². The van der Waals surface area contributed by atoms with Gasteiger partial charge in [0, 0.05) is 5.02 Å². The molecule has 0 heterocycles. The maximum Gasteiger partial charge on any atom is 0.0411 e. The largest absolute Gasteiger partial charge is 0.0843 e. The average Bonchev–Trinajstić information content (AvgIpc) is 1.78. The Morgan fingerprint density at radius 2 is 1.38 bits per heavy atom. The number of aryl methyl sites for hydroxylation is 2. The Kier molecular flexibility index (Phi) is 2.72. The first-order valence-corrected chi connectivity index (χ1v) is 4.97. The molecule has 1 rings (SSSR count). The van der Waals surface area contributed by atoms with Crippen LogP contribution in [-0.2, 0) is 5.41 Å². The maximum absolute atomic E-state index is 5.97. The second-order valence-electron chi connectivity index (χ2n) is 4.66. The SMILES string of the molecule is Cc1cc(Cl)cc(C)c1C(C)(C)C. The molecule has 1 aromatic carbocycles. The molecule has 0 aromatic heterocycles. The minimum Gasteiger partial charge on any atom is -0.0843 e. The Morgan fingerprint density at radius 1 is 1.00 bits per heavy atom. The summed E-state index contributed by atoms with van der Waals surface area (Å²) in [5.41, 5.74) is 4.20. The Morgan fingerprint density at radius 3 is 1.69 bits per heavy atom. The highest BCUT2D eigenvalue weighted by molar-refractivity contribution is 6.30. The quantitative estimate of drug-likeness (QED) is 0.582. The Labute approximate surface area is 85.9 Å². The molecular weight excluding hydrogens is 180 g/mol. The van der Waals surface area contributed by atoms with Gasteiger partial charge in [0.2, 0.25) is 0 Å². The van der Waals surface area contributed by atoms with Gasteiger partial charge in [-0.05, 0) is 48.1 Å². The van der Waals surface area contributed by atoms with Crippen LogP contribution in [0.1, 0.15) is 37.5 Å². The zero-order valence-corrected chi connectivity index (χ0v) is 9.79. The van der Waals surface area contributed by atoms with E-state index in [4.69, 9.17) is 11.6 Å². The summed E-state index contributed by atoms with van der Waals surface area (Å²) < 4.78 is 0. The van der Waals surface area contributed by atoms with Crippen molar-refractivity contribution in [1.29, 1.82) is 0 Å². The van der Waals surface area contributed by atoms with Crippen molar-refractivity contribution in [2.45, 2.75) is 40.0 Å². The van der Waals surface area contributed by atoms with Crippen LogP contribution in [0.4, 0.5) is 0 Å². The minimum absolute atomic E-state index is 0.207. The van der Waals surface area contributed by atoms with Crippen LogP contribution in [0.15, 0.2) is 12.1 Å². The van der Waals surface area contributed by atoms with Crippen molar-refractivity contribution in [3.63, 3.8) is 0 Å². The lowest BCUT2D eigenvalue weighted by atomic mass is 9.81. The van der Waals surface area contributed by atoms with E-state index in [1.165, 1.54) is 16.7 Å². The molecule has 0 amide bonds. The molecule has 0 fully saturated rings. The van der Waals surface area contributed by atoms with Crippen molar-refractivity contribution in [3.8, 4) is 0 Å². The molecule has 0 nitrogen and oxygen atoms in total. The summed E-state index contributed by atoms with van der Waals surface area (Å²) in [5.74, 6) is 0. The van der Waals surface area contributed by atoms with Gasteiger partial charge in [0.1, 0.15) is 0 Å². The van der Waals surface area contributed by atoms with Crippen molar-refractivity contribution in [2.24, 2.45) is 0 Å². The van der Waals surface area contributed by atoms with Gasteiger partial charge >= 0.3 is 0 Å². The third-order valence-corrected chi connectivity index (χ3v) is 2.47. The summed E-state index contributed by atoms with van der Waals surface area (Å²) in [6, 6.07) is 4.07. The molecule has 0 saturated heterocycles. The number of benzene rings is 1. The first kappa shape index (κ1) is 10.6. The summed E-state index contributed by atoms with van der Waals surface area (Å²) in [7, 11) is 0. The van der Waals surface area contributed by atoms with Crippen LogP contribution in [0.5, 0.6) is 0 Å². The number of rotatable bonds is 0. The van der Waals surface area contributed by atoms with Crippen molar-refractivity contribution in [1.82, 2.24) is 0 Å². The highest BCUT2D eigenvalue weighted by Gasteiger charge is 2.18. The van der Waals surface area contributed by atoms with Gasteiger partial charge in [0.05, 0.1) is 0 Å². The number of halogens is 1. The first-order chi connectivity index (χ1) is 5.82. The molecule has 0 aliphatic rings. The van der Waals surface area contributed by atoms with E-state index in [0.717, 1.165) is 5.02 Å². The molecule has 72 valence electrons. The zero-order valence-electron chi connectivity index (χ0n) is 9.03. The molecule has 0 N–H and O–H groups in total. The molecule has 0 saturated carbocycles. The fraction of sp³-hybridized carbons (Fsp3) is 0.500. The molecule has 13 heavy (non-hydrogen) atoms. The third-order valence-electron chi connectivity index (χ3n) is 2.25. The molecule has 0 bridgehead atoms. The smallest absolute Gasteiger partial charge is 0.0411 e. The van der Waals surface area contributed by atoms with Crippen LogP contribution in [0.2, 0.25) is 5.02 Å². The molecule has 0 atom stereocenters. The van der Waals surface area contributed by atoms with Gasteiger partial charge in [0.25, 0.3) is 0 Å². The molecule has 1 heteroatoms. The predicted octanol–water partition coefficient (Wildman–Crippen LogP) is 4.25. The maximum atomic E-state index is 5.97. The molecule has 0 radical (unpaired) electrons. The lowest BCUT2D eigenvalue weighted by molar-refractivity contribution is 0.582. The Hall–Kier alpha value is -0.490. The second kappa shape index (κ2) is 3.34. The van der Waals surface area contributed by atoms with Crippen LogP contribution in [-0.4, -0.2) is 0 Å². The van der Waals surface area contributed by atoms with Gasteiger partial charge in [0.15, 0.2) is 0 Å². The van der Waals surface area contributed by atoms with Crippen molar-refractivity contribution in [2.75, 3.05) is 0 Å². The zero-order chi connectivity index (χ0) is 10.2. The van der Waals surface area contributed by atoms with Gasteiger partial charge in [-0.1, -0.05) is 32.4 Å². The van der Waals surface area contributed by atoms with Gasteiger partial charge in [-0.3, -0.25) is 0 Å². The molecule has 0 spiro atoms. The third kappa shape index (κ3) is 2.25. The van der Waals surface area contributed by atoms with E-state index in [1.54, 1.807) is 0 Å². The highest BCUT2D eigenvalue weighted by Crippen LogP contribution is 2.30. The first-order valence-electron chi connectivity index (χ1n) is 4.59. The van der Waals surface area contributed by atoms with E-state index in [9.17, 15) is 0 Å².